The topological polar surface area (TPSA) is 45.1 Å². The highest BCUT2D eigenvalue weighted by molar-refractivity contribution is 6.31. The summed E-state index contributed by atoms with van der Waals surface area (Å²) in [6.07, 6.45) is 5.28. The van der Waals surface area contributed by atoms with Crippen LogP contribution in [0.25, 0.3) is 0 Å². The molecule has 3 rings (SSSR count). The minimum atomic E-state index is -0.358. The molecule has 20 heavy (non-hydrogen) atoms. The van der Waals surface area contributed by atoms with Gasteiger partial charge in [-0.25, -0.2) is 0 Å². The number of nitrogens with one attached hydrogen (secondary N) is 1. The number of aryl methyl sites for hydroxylation is 1. The van der Waals surface area contributed by atoms with Crippen molar-refractivity contribution in [1.82, 2.24) is 10.3 Å². The normalized spacial score (nSPS) is 20.9. The van der Waals surface area contributed by atoms with Crippen LogP contribution in [0.4, 0.5) is 0 Å². The number of hydrogen-bond donors (Lipinski definition) is 2. The number of halogens is 1. The van der Waals surface area contributed by atoms with Gasteiger partial charge >= 0.3 is 0 Å². The van der Waals surface area contributed by atoms with Gasteiger partial charge in [0.2, 0.25) is 0 Å². The third-order valence-corrected chi connectivity index (χ3v) is 4.44. The molecule has 1 aromatic heterocycles. The number of pyridine rings is 1. The lowest BCUT2D eigenvalue weighted by molar-refractivity contribution is 0.159. The number of rotatable bonds is 4. The van der Waals surface area contributed by atoms with Crippen LogP contribution in [0.3, 0.4) is 0 Å². The predicted molar refractivity (Wildman–Crippen MR) is 79.6 cm³/mol. The monoisotopic (exact) mass is 288 g/mol. The van der Waals surface area contributed by atoms with Gasteiger partial charge in [0, 0.05) is 18.9 Å². The number of aliphatic hydroxyl groups excluding tert-OH is 1. The van der Waals surface area contributed by atoms with E-state index in [0.717, 1.165) is 18.4 Å². The highest BCUT2D eigenvalue weighted by atomic mass is 35.5. The molecule has 3 nitrogen and oxygen atoms in total. The summed E-state index contributed by atoms with van der Waals surface area (Å²) in [4.78, 5) is 3.99. The van der Waals surface area contributed by atoms with Gasteiger partial charge in [0.25, 0.3) is 0 Å². The fourth-order valence-electron chi connectivity index (χ4n) is 2.90. The van der Waals surface area contributed by atoms with Crippen molar-refractivity contribution in [2.75, 3.05) is 6.61 Å². The van der Waals surface area contributed by atoms with E-state index in [1.54, 1.807) is 12.4 Å². The number of aliphatic hydroxyl groups is 1. The van der Waals surface area contributed by atoms with Gasteiger partial charge in [0.05, 0.1) is 17.2 Å². The molecule has 1 atom stereocenters. The Labute approximate surface area is 123 Å². The molecule has 0 saturated heterocycles. The maximum atomic E-state index is 9.90. The number of hydrogen-bond acceptors (Lipinski definition) is 3. The third-order valence-electron chi connectivity index (χ3n) is 4.10. The molecule has 2 N–H and O–H groups in total. The molecule has 0 saturated carbocycles. The molecule has 1 aliphatic rings. The van der Waals surface area contributed by atoms with Gasteiger partial charge in [-0.3, -0.25) is 4.98 Å². The molecule has 104 valence electrons. The zero-order valence-corrected chi connectivity index (χ0v) is 11.9. The van der Waals surface area contributed by atoms with Crippen molar-refractivity contribution >= 4 is 11.6 Å². The minimum Gasteiger partial charge on any atom is -0.394 e. The lowest BCUT2D eigenvalue weighted by Crippen LogP contribution is -2.43. The van der Waals surface area contributed by atoms with E-state index in [1.165, 1.54) is 11.1 Å². The Morgan fingerprint density at radius 2 is 2.15 bits per heavy atom. The Morgan fingerprint density at radius 3 is 2.95 bits per heavy atom. The van der Waals surface area contributed by atoms with Crippen LogP contribution < -0.4 is 5.32 Å². The fourth-order valence-corrected chi connectivity index (χ4v) is 3.09. The number of aromatic nitrogens is 1. The SMILES string of the molecule is OCC1(NCc2ccncc2Cl)CCc2ccccc21. The van der Waals surface area contributed by atoms with Crippen LogP contribution in [0, 0.1) is 0 Å². The molecule has 1 aliphatic carbocycles. The predicted octanol–water partition coefficient (Wildman–Crippen LogP) is 2.66. The summed E-state index contributed by atoms with van der Waals surface area (Å²) >= 11 is 6.13. The van der Waals surface area contributed by atoms with E-state index >= 15 is 0 Å². The molecule has 0 spiro atoms. The molecule has 4 heteroatoms. The average Bonchev–Trinajstić information content (AvgIpc) is 2.86. The lowest BCUT2D eigenvalue weighted by atomic mass is 9.92. The van der Waals surface area contributed by atoms with Crippen molar-refractivity contribution in [2.24, 2.45) is 0 Å². The van der Waals surface area contributed by atoms with Crippen molar-refractivity contribution in [3.8, 4) is 0 Å². The van der Waals surface area contributed by atoms with Crippen molar-refractivity contribution in [3.63, 3.8) is 0 Å². The fraction of sp³-hybridized carbons (Fsp3) is 0.312. The number of benzene rings is 1. The summed E-state index contributed by atoms with van der Waals surface area (Å²) in [6.45, 7) is 0.711. The van der Waals surface area contributed by atoms with E-state index in [-0.39, 0.29) is 12.1 Å². The molecule has 0 fully saturated rings. The lowest BCUT2D eigenvalue weighted by Gasteiger charge is -2.30. The third kappa shape index (κ3) is 2.33. The quantitative estimate of drug-likeness (QED) is 0.909. The van der Waals surface area contributed by atoms with Crippen LogP contribution in [-0.4, -0.2) is 16.7 Å². The van der Waals surface area contributed by atoms with Gasteiger partial charge in [0.1, 0.15) is 0 Å². The first-order valence-corrected chi connectivity index (χ1v) is 7.16. The molecule has 1 aromatic carbocycles. The second-order valence-electron chi connectivity index (χ2n) is 5.22. The Balaban J connectivity index is 1.84. The zero-order valence-electron chi connectivity index (χ0n) is 11.1. The molecule has 1 heterocycles. The largest absolute Gasteiger partial charge is 0.394 e. The first kappa shape index (κ1) is 13.6. The number of nitrogens with zero attached hydrogens (tertiary/aromatic N) is 1. The summed E-state index contributed by atoms with van der Waals surface area (Å²) in [5.74, 6) is 0. The highest BCUT2D eigenvalue weighted by Crippen LogP contribution is 2.36. The molecule has 0 bridgehead atoms. The first-order valence-electron chi connectivity index (χ1n) is 6.78. The molecular weight excluding hydrogens is 272 g/mol. The van der Waals surface area contributed by atoms with Crippen LogP contribution in [-0.2, 0) is 18.5 Å². The second-order valence-corrected chi connectivity index (χ2v) is 5.63. The van der Waals surface area contributed by atoms with Crippen LogP contribution >= 0.6 is 11.6 Å². The minimum absolute atomic E-state index is 0.0900. The second kappa shape index (κ2) is 5.52. The Hall–Kier alpha value is -1.42. The highest BCUT2D eigenvalue weighted by Gasteiger charge is 2.37. The van der Waals surface area contributed by atoms with Gasteiger partial charge in [-0.2, -0.15) is 0 Å². The van der Waals surface area contributed by atoms with E-state index < -0.39 is 0 Å². The molecule has 1 unspecified atom stereocenters. The van der Waals surface area contributed by atoms with E-state index in [9.17, 15) is 5.11 Å². The van der Waals surface area contributed by atoms with Gasteiger partial charge in [-0.05, 0) is 35.6 Å². The van der Waals surface area contributed by atoms with Crippen molar-refractivity contribution in [3.05, 3.63) is 64.4 Å². The van der Waals surface area contributed by atoms with E-state index in [4.69, 9.17) is 11.6 Å². The van der Waals surface area contributed by atoms with Gasteiger partial charge in [-0.1, -0.05) is 35.9 Å². The van der Waals surface area contributed by atoms with E-state index in [0.29, 0.717) is 11.6 Å². The standard InChI is InChI=1S/C16H17ClN2O/c17-15-10-18-8-6-13(15)9-19-16(11-20)7-5-12-3-1-2-4-14(12)16/h1-4,6,8,10,19-20H,5,7,9,11H2. The van der Waals surface area contributed by atoms with E-state index in [2.05, 4.69) is 22.4 Å². The van der Waals surface area contributed by atoms with Gasteiger partial charge in [-0.15, -0.1) is 0 Å². The Kier molecular flexibility index (Phi) is 3.74. The zero-order chi connectivity index (χ0) is 14.0. The Bertz CT molecular complexity index is 617. The summed E-state index contributed by atoms with van der Waals surface area (Å²) in [5.41, 5.74) is 3.16. The summed E-state index contributed by atoms with van der Waals surface area (Å²) in [6, 6.07) is 10.2. The van der Waals surface area contributed by atoms with Gasteiger partial charge in [0.15, 0.2) is 0 Å². The first-order chi connectivity index (χ1) is 9.75. The summed E-state index contributed by atoms with van der Waals surface area (Å²) in [7, 11) is 0. The van der Waals surface area contributed by atoms with Crippen molar-refractivity contribution in [1.29, 1.82) is 0 Å². The maximum absolute atomic E-state index is 9.90. The van der Waals surface area contributed by atoms with Crippen LogP contribution in [0.1, 0.15) is 23.1 Å². The average molecular weight is 289 g/mol. The van der Waals surface area contributed by atoms with Crippen molar-refractivity contribution < 1.29 is 5.11 Å². The van der Waals surface area contributed by atoms with Crippen molar-refractivity contribution in [2.45, 2.75) is 24.9 Å². The molecule has 0 amide bonds. The molecular formula is C16H17ClN2O. The summed E-state index contributed by atoms with van der Waals surface area (Å²) < 4.78 is 0. The Morgan fingerprint density at radius 1 is 1.30 bits per heavy atom. The van der Waals surface area contributed by atoms with E-state index in [1.807, 2.05) is 18.2 Å². The molecule has 0 radical (unpaired) electrons. The van der Waals surface area contributed by atoms with Gasteiger partial charge < -0.3 is 10.4 Å². The smallest absolute Gasteiger partial charge is 0.0677 e. The number of fused-ring (bicyclic) bond motifs is 1. The summed E-state index contributed by atoms with van der Waals surface area (Å²) in [5, 5.41) is 14.1. The van der Waals surface area contributed by atoms with Crippen LogP contribution in [0.5, 0.6) is 0 Å². The maximum Gasteiger partial charge on any atom is 0.0677 e. The molecule has 0 aliphatic heterocycles. The van der Waals surface area contributed by atoms with Crippen LogP contribution in [0.15, 0.2) is 42.7 Å². The molecule has 2 aromatic rings. The van der Waals surface area contributed by atoms with Crippen LogP contribution in [0.2, 0.25) is 5.02 Å².